The van der Waals surface area contributed by atoms with E-state index in [0.29, 0.717) is 0 Å². The van der Waals surface area contributed by atoms with Crippen LogP contribution in [0, 0.1) is 0 Å². The quantitative estimate of drug-likeness (QED) is 0.675. The lowest BCUT2D eigenvalue weighted by Crippen LogP contribution is -1.99. The van der Waals surface area contributed by atoms with Crippen LogP contribution in [-0.4, -0.2) is 13.1 Å². The Balaban J connectivity index is 2.30. The van der Waals surface area contributed by atoms with Crippen LogP contribution in [0.2, 0.25) is 0 Å². The molecule has 2 heteroatoms. The maximum atomic E-state index is 5.41. The maximum Gasteiger partial charge on any atom is 0.0342 e. The number of unbranched alkanes of at least 4 members (excludes halogenated alkanes) is 1. The predicted octanol–water partition coefficient (Wildman–Crippen LogP) is 3.35. The Bertz CT molecular complexity index is 314. The lowest BCUT2D eigenvalue weighted by molar-refractivity contribution is 0.795. The van der Waals surface area contributed by atoms with Gasteiger partial charge in [-0.1, -0.05) is 37.6 Å². The Morgan fingerprint density at radius 2 is 1.94 bits per heavy atom. The third-order valence-electron chi connectivity index (χ3n) is 2.70. The van der Waals surface area contributed by atoms with E-state index in [-0.39, 0.29) is 0 Å². The van der Waals surface area contributed by atoms with Gasteiger partial charge in [0, 0.05) is 12.2 Å². The molecule has 0 spiro atoms. The van der Waals surface area contributed by atoms with Gasteiger partial charge in [-0.3, -0.25) is 0 Å². The van der Waals surface area contributed by atoms with Crippen molar-refractivity contribution in [1.29, 1.82) is 0 Å². The van der Waals surface area contributed by atoms with Crippen molar-refractivity contribution in [3.8, 4) is 0 Å². The van der Waals surface area contributed by atoms with E-state index in [9.17, 15) is 0 Å². The van der Waals surface area contributed by atoms with E-state index in [2.05, 4.69) is 48.7 Å². The SMILES string of the molecule is CCCCc1ccc(NC/C=C/CCN)cc1. The lowest BCUT2D eigenvalue weighted by atomic mass is 10.1. The first-order chi connectivity index (χ1) is 8.36. The van der Waals surface area contributed by atoms with Crippen molar-refractivity contribution < 1.29 is 0 Å². The third-order valence-corrected chi connectivity index (χ3v) is 2.70. The summed E-state index contributed by atoms with van der Waals surface area (Å²) in [7, 11) is 0. The Kier molecular flexibility index (Phi) is 7.15. The molecule has 0 radical (unpaired) electrons. The van der Waals surface area contributed by atoms with Gasteiger partial charge in [-0.2, -0.15) is 0 Å². The smallest absolute Gasteiger partial charge is 0.0342 e. The second-order valence-corrected chi connectivity index (χ2v) is 4.23. The standard InChI is InChI=1S/C15H24N2/c1-2-3-7-14-8-10-15(11-9-14)17-13-6-4-5-12-16/h4,6,8-11,17H,2-3,5,7,12-13,16H2,1H3/b6-4+. The molecule has 0 saturated heterocycles. The van der Waals surface area contributed by atoms with Crippen LogP contribution in [0.3, 0.4) is 0 Å². The molecule has 0 aliphatic carbocycles. The van der Waals surface area contributed by atoms with E-state index in [0.717, 1.165) is 19.5 Å². The molecule has 0 unspecified atom stereocenters. The lowest BCUT2D eigenvalue weighted by Gasteiger charge is -2.05. The van der Waals surface area contributed by atoms with Crippen molar-refractivity contribution in [2.75, 3.05) is 18.4 Å². The Hall–Kier alpha value is -1.28. The van der Waals surface area contributed by atoms with Gasteiger partial charge in [-0.05, 0) is 43.5 Å². The van der Waals surface area contributed by atoms with E-state index >= 15 is 0 Å². The first kappa shape index (κ1) is 13.8. The molecule has 1 aromatic rings. The summed E-state index contributed by atoms with van der Waals surface area (Å²) in [6, 6.07) is 8.73. The molecular formula is C15H24N2. The number of benzene rings is 1. The fraction of sp³-hybridized carbons (Fsp3) is 0.467. The normalized spacial score (nSPS) is 10.9. The molecule has 0 aliphatic rings. The molecule has 17 heavy (non-hydrogen) atoms. The van der Waals surface area contributed by atoms with E-state index in [1.807, 2.05) is 0 Å². The topological polar surface area (TPSA) is 38.0 Å². The largest absolute Gasteiger partial charge is 0.382 e. The molecule has 0 bridgehead atoms. The Morgan fingerprint density at radius 1 is 1.18 bits per heavy atom. The predicted molar refractivity (Wildman–Crippen MR) is 76.4 cm³/mol. The first-order valence-corrected chi connectivity index (χ1v) is 6.54. The van der Waals surface area contributed by atoms with Crippen LogP contribution >= 0.6 is 0 Å². The zero-order valence-electron chi connectivity index (χ0n) is 10.8. The second-order valence-electron chi connectivity index (χ2n) is 4.23. The Labute approximate surface area is 105 Å². The van der Waals surface area contributed by atoms with Gasteiger partial charge in [0.05, 0.1) is 0 Å². The van der Waals surface area contributed by atoms with Crippen LogP contribution in [-0.2, 0) is 6.42 Å². The van der Waals surface area contributed by atoms with Crippen molar-refractivity contribution in [3.63, 3.8) is 0 Å². The van der Waals surface area contributed by atoms with E-state index in [1.54, 1.807) is 0 Å². The summed E-state index contributed by atoms with van der Waals surface area (Å²) in [5, 5.41) is 3.36. The van der Waals surface area contributed by atoms with E-state index < -0.39 is 0 Å². The van der Waals surface area contributed by atoms with Crippen molar-refractivity contribution in [2.24, 2.45) is 5.73 Å². The fourth-order valence-corrected chi connectivity index (χ4v) is 1.64. The highest BCUT2D eigenvalue weighted by Gasteiger charge is 1.93. The zero-order chi connectivity index (χ0) is 12.3. The van der Waals surface area contributed by atoms with Crippen molar-refractivity contribution >= 4 is 5.69 Å². The summed E-state index contributed by atoms with van der Waals surface area (Å²) >= 11 is 0. The highest BCUT2D eigenvalue weighted by atomic mass is 14.8. The van der Waals surface area contributed by atoms with Crippen LogP contribution in [0.15, 0.2) is 36.4 Å². The van der Waals surface area contributed by atoms with Gasteiger partial charge in [0.15, 0.2) is 0 Å². The van der Waals surface area contributed by atoms with Crippen LogP contribution < -0.4 is 11.1 Å². The molecule has 0 aromatic heterocycles. The highest BCUT2D eigenvalue weighted by Crippen LogP contribution is 2.11. The molecule has 2 nitrogen and oxygen atoms in total. The average Bonchev–Trinajstić information content (AvgIpc) is 2.37. The maximum absolute atomic E-state index is 5.41. The summed E-state index contributed by atoms with van der Waals surface area (Å²) in [6.45, 7) is 3.82. The van der Waals surface area contributed by atoms with Crippen LogP contribution in [0.25, 0.3) is 0 Å². The molecule has 0 amide bonds. The minimum Gasteiger partial charge on any atom is -0.382 e. The van der Waals surface area contributed by atoms with Crippen LogP contribution in [0.1, 0.15) is 31.7 Å². The summed E-state index contributed by atoms with van der Waals surface area (Å²) in [5.74, 6) is 0. The summed E-state index contributed by atoms with van der Waals surface area (Å²) < 4.78 is 0. The number of nitrogens with one attached hydrogen (secondary N) is 1. The van der Waals surface area contributed by atoms with E-state index in [1.165, 1.54) is 30.5 Å². The monoisotopic (exact) mass is 232 g/mol. The molecule has 1 aromatic carbocycles. The van der Waals surface area contributed by atoms with Gasteiger partial charge in [0.25, 0.3) is 0 Å². The van der Waals surface area contributed by atoms with Crippen LogP contribution in [0.5, 0.6) is 0 Å². The number of aryl methyl sites for hydroxylation is 1. The number of nitrogens with two attached hydrogens (primary N) is 1. The molecule has 0 atom stereocenters. The first-order valence-electron chi connectivity index (χ1n) is 6.54. The van der Waals surface area contributed by atoms with Gasteiger partial charge < -0.3 is 11.1 Å². The molecular weight excluding hydrogens is 208 g/mol. The molecule has 0 fully saturated rings. The van der Waals surface area contributed by atoms with Gasteiger partial charge in [0.1, 0.15) is 0 Å². The molecule has 94 valence electrons. The number of hydrogen-bond acceptors (Lipinski definition) is 2. The van der Waals surface area contributed by atoms with E-state index in [4.69, 9.17) is 5.73 Å². The molecule has 1 rings (SSSR count). The summed E-state index contributed by atoms with van der Waals surface area (Å²) in [4.78, 5) is 0. The van der Waals surface area contributed by atoms with Gasteiger partial charge in [0.2, 0.25) is 0 Å². The molecule has 0 heterocycles. The van der Waals surface area contributed by atoms with Gasteiger partial charge in [-0.15, -0.1) is 0 Å². The number of rotatable bonds is 8. The minimum absolute atomic E-state index is 0.725. The third kappa shape index (κ3) is 6.12. The van der Waals surface area contributed by atoms with Crippen LogP contribution in [0.4, 0.5) is 5.69 Å². The highest BCUT2D eigenvalue weighted by molar-refractivity contribution is 5.45. The van der Waals surface area contributed by atoms with Gasteiger partial charge in [-0.25, -0.2) is 0 Å². The van der Waals surface area contributed by atoms with Crippen molar-refractivity contribution in [3.05, 3.63) is 42.0 Å². The van der Waals surface area contributed by atoms with Crippen molar-refractivity contribution in [1.82, 2.24) is 0 Å². The molecule has 0 saturated carbocycles. The number of anilines is 1. The molecule has 0 aliphatic heterocycles. The Morgan fingerprint density at radius 3 is 2.59 bits per heavy atom. The summed E-state index contributed by atoms with van der Waals surface area (Å²) in [5.41, 5.74) is 8.02. The molecule has 3 N–H and O–H groups in total. The van der Waals surface area contributed by atoms with Crippen molar-refractivity contribution in [2.45, 2.75) is 32.6 Å². The number of hydrogen-bond donors (Lipinski definition) is 2. The summed E-state index contributed by atoms with van der Waals surface area (Å²) in [6.07, 6.45) is 8.91. The second kappa shape index (κ2) is 8.82. The zero-order valence-corrected chi connectivity index (χ0v) is 10.8. The van der Waals surface area contributed by atoms with Gasteiger partial charge >= 0.3 is 0 Å². The minimum atomic E-state index is 0.725. The fourth-order valence-electron chi connectivity index (χ4n) is 1.64. The average molecular weight is 232 g/mol.